The Morgan fingerprint density at radius 1 is 1.33 bits per heavy atom. The van der Waals surface area contributed by atoms with Gasteiger partial charge in [-0.1, -0.05) is 23.7 Å². The number of hydrogen-bond donors (Lipinski definition) is 2. The highest BCUT2D eigenvalue weighted by Crippen LogP contribution is 2.35. The van der Waals surface area contributed by atoms with Crippen molar-refractivity contribution in [1.82, 2.24) is 9.88 Å². The van der Waals surface area contributed by atoms with Crippen molar-refractivity contribution >= 4 is 17.5 Å². The van der Waals surface area contributed by atoms with Gasteiger partial charge in [0.2, 0.25) is 0 Å². The van der Waals surface area contributed by atoms with Crippen molar-refractivity contribution in [2.75, 3.05) is 6.54 Å². The Balaban J connectivity index is 1.60. The predicted molar refractivity (Wildman–Crippen MR) is 81.4 cm³/mol. The van der Waals surface area contributed by atoms with Gasteiger partial charge in [-0.05, 0) is 42.7 Å². The van der Waals surface area contributed by atoms with E-state index in [4.69, 9.17) is 11.6 Å². The number of aliphatic hydroxyl groups excluding tert-OH is 1. The Bertz CT molecular complexity index is 632. The molecule has 0 saturated heterocycles. The second kappa shape index (κ2) is 5.92. The number of aliphatic hydroxyl groups is 1. The fraction of sp³-hybridized carbons (Fsp3) is 0.312. The molecule has 5 heteroatoms. The number of nitrogens with one attached hydrogen (secondary N) is 1. The molecule has 1 saturated carbocycles. The summed E-state index contributed by atoms with van der Waals surface area (Å²) in [7, 11) is 0. The zero-order chi connectivity index (χ0) is 14.8. The molecule has 1 aliphatic rings. The lowest BCUT2D eigenvalue weighted by molar-refractivity contribution is 0.0907. The fourth-order valence-electron chi connectivity index (χ4n) is 2.34. The summed E-state index contributed by atoms with van der Waals surface area (Å²) < 4.78 is 2.00. The first-order valence-corrected chi connectivity index (χ1v) is 7.41. The van der Waals surface area contributed by atoms with Crippen molar-refractivity contribution in [3.05, 3.63) is 58.9 Å². The molecular formula is C16H17ClN2O2. The lowest BCUT2D eigenvalue weighted by Gasteiger charge is -2.13. The Morgan fingerprint density at radius 2 is 2.05 bits per heavy atom. The van der Waals surface area contributed by atoms with E-state index in [9.17, 15) is 9.90 Å². The molecule has 3 rings (SSSR count). The number of amides is 1. The number of halogens is 1. The van der Waals surface area contributed by atoms with Crippen molar-refractivity contribution in [3.63, 3.8) is 0 Å². The van der Waals surface area contributed by atoms with Crippen molar-refractivity contribution in [2.24, 2.45) is 0 Å². The number of nitrogens with zero attached hydrogens (tertiary/aromatic N) is 1. The van der Waals surface area contributed by atoms with E-state index in [-0.39, 0.29) is 12.5 Å². The molecule has 21 heavy (non-hydrogen) atoms. The molecule has 1 aliphatic carbocycles. The maximum atomic E-state index is 12.2. The Labute approximate surface area is 128 Å². The average Bonchev–Trinajstić information content (AvgIpc) is 3.22. The number of aromatic nitrogens is 1. The highest BCUT2D eigenvalue weighted by Gasteiger charge is 2.26. The van der Waals surface area contributed by atoms with E-state index in [1.54, 1.807) is 24.3 Å². The van der Waals surface area contributed by atoms with Crippen LogP contribution in [0.2, 0.25) is 5.02 Å². The molecule has 1 amide bonds. The molecule has 2 N–H and O–H groups in total. The largest absolute Gasteiger partial charge is 0.387 e. The highest BCUT2D eigenvalue weighted by atomic mass is 35.5. The van der Waals surface area contributed by atoms with Crippen LogP contribution in [0.1, 0.15) is 41.0 Å². The predicted octanol–water partition coefficient (Wildman–Crippen LogP) is 2.94. The second-order valence-corrected chi connectivity index (χ2v) is 5.75. The van der Waals surface area contributed by atoms with Gasteiger partial charge in [0.15, 0.2) is 0 Å². The summed E-state index contributed by atoms with van der Waals surface area (Å²) in [4.78, 5) is 12.2. The zero-order valence-electron chi connectivity index (χ0n) is 11.5. The lowest BCUT2D eigenvalue weighted by Crippen LogP contribution is -2.29. The standard InChI is InChI=1S/C16H17ClN2O2/c17-12-5-3-11(4-6-12)15(20)10-18-16(21)14-2-1-9-19(14)13-7-8-13/h1-6,9,13,15,20H,7-8,10H2,(H,18,21). The van der Waals surface area contributed by atoms with E-state index in [1.807, 2.05) is 22.9 Å². The number of rotatable bonds is 5. The molecule has 1 unspecified atom stereocenters. The van der Waals surface area contributed by atoms with E-state index < -0.39 is 6.10 Å². The van der Waals surface area contributed by atoms with Gasteiger partial charge in [0.25, 0.3) is 5.91 Å². The van der Waals surface area contributed by atoms with Crippen LogP contribution in [0.5, 0.6) is 0 Å². The molecule has 0 spiro atoms. The van der Waals surface area contributed by atoms with Crippen LogP contribution in [0.25, 0.3) is 0 Å². The van der Waals surface area contributed by atoms with E-state index in [0.717, 1.165) is 18.4 Å². The van der Waals surface area contributed by atoms with Crippen LogP contribution in [0.4, 0.5) is 0 Å². The van der Waals surface area contributed by atoms with Gasteiger partial charge in [-0.25, -0.2) is 0 Å². The summed E-state index contributed by atoms with van der Waals surface area (Å²) >= 11 is 5.81. The van der Waals surface area contributed by atoms with Gasteiger partial charge in [0.05, 0.1) is 6.10 Å². The Hall–Kier alpha value is -1.78. The molecule has 1 aromatic carbocycles. The molecule has 0 radical (unpaired) electrons. The summed E-state index contributed by atoms with van der Waals surface area (Å²) in [5.41, 5.74) is 1.39. The minimum Gasteiger partial charge on any atom is -0.387 e. The van der Waals surface area contributed by atoms with Gasteiger partial charge >= 0.3 is 0 Å². The van der Waals surface area contributed by atoms with Gasteiger partial charge in [-0.3, -0.25) is 4.79 Å². The van der Waals surface area contributed by atoms with E-state index in [1.165, 1.54) is 0 Å². The molecule has 4 nitrogen and oxygen atoms in total. The van der Waals surface area contributed by atoms with Gasteiger partial charge in [0.1, 0.15) is 5.69 Å². The number of hydrogen-bond acceptors (Lipinski definition) is 2. The Morgan fingerprint density at radius 3 is 2.71 bits per heavy atom. The van der Waals surface area contributed by atoms with E-state index >= 15 is 0 Å². The van der Waals surface area contributed by atoms with Gasteiger partial charge in [-0.15, -0.1) is 0 Å². The Kier molecular flexibility index (Phi) is 3.99. The van der Waals surface area contributed by atoms with E-state index in [2.05, 4.69) is 5.32 Å². The molecule has 0 aliphatic heterocycles. The van der Waals surface area contributed by atoms with Crippen molar-refractivity contribution < 1.29 is 9.90 Å². The minimum absolute atomic E-state index is 0.153. The summed E-state index contributed by atoms with van der Waals surface area (Å²) in [5.74, 6) is -0.153. The van der Waals surface area contributed by atoms with Crippen molar-refractivity contribution in [2.45, 2.75) is 25.0 Å². The van der Waals surface area contributed by atoms with Crippen LogP contribution in [0, 0.1) is 0 Å². The normalized spacial score (nSPS) is 15.7. The molecule has 1 heterocycles. The monoisotopic (exact) mass is 304 g/mol. The highest BCUT2D eigenvalue weighted by molar-refractivity contribution is 6.30. The van der Waals surface area contributed by atoms with Gasteiger partial charge in [0, 0.05) is 23.8 Å². The molecule has 1 atom stereocenters. The van der Waals surface area contributed by atoms with Crippen molar-refractivity contribution in [1.29, 1.82) is 0 Å². The van der Waals surface area contributed by atoms with Gasteiger partial charge in [-0.2, -0.15) is 0 Å². The smallest absolute Gasteiger partial charge is 0.268 e. The quantitative estimate of drug-likeness (QED) is 0.892. The molecule has 1 aromatic heterocycles. The van der Waals surface area contributed by atoms with Crippen molar-refractivity contribution in [3.8, 4) is 0 Å². The topological polar surface area (TPSA) is 54.3 Å². The zero-order valence-corrected chi connectivity index (χ0v) is 12.3. The third kappa shape index (κ3) is 3.28. The fourth-order valence-corrected chi connectivity index (χ4v) is 2.47. The SMILES string of the molecule is O=C(NCC(O)c1ccc(Cl)cc1)c1cccn1C1CC1. The summed E-state index contributed by atoms with van der Waals surface area (Å²) in [6, 6.07) is 11.1. The molecule has 110 valence electrons. The maximum absolute atomic E-state index is 12.2. The molecule has 1 fully saturated rings. The minimum atomic E-state index is -0.740. The molecule has 0 bridgehead atoms. The number of carbonyl (C=O) groups is 1. The molecular weight excluding hydrogens is 288 g/mol. The first kappa shape index (κ1) is 14.2. The number of benzene rings is 1. The van der Waals surface area contributed by atoms with Crippen LogP contribution in [-0.4, -0.2) is 22.1 Å². The van der Waals surface area contributed by atoms with Gasteiger partial charge < -0.3 is 15.0 Å². The van der Waals surface area contributed by atoms with Crippen LogP contribution in [0.15, 0.2) is 42.6 Å². The summed E-state index contributed by atoms with van der Waals surface area (Å²) in [6.45, 7) is 0.177. The first-order chi connectivity index (χ1) is 10.1. The lowest BCUT2D eigenvalue weighted by atomic mass is 10.1. The van der Waals surface area contributed by atoms with Crippen LogP contribution >= 0.6 is 11.6 Å². The maximum Gasteiger partial charge on any atom is 0.268 e. The first-order valence-electron chi connectivity index (χ1n) is 7.03. The summed E-state index contributed by atoms with van der Waals surface area (Å²) in [6.07, 6.45) is 3.45. The third-order valence-electron chi connectivity index (χ3n) is 3.66. The van der Waals surface area contributed by atoms with E-state index in [0.29, 0.717) is 16.8 Å². The number of carbonyl (C=O) groups excluding carboxylic acids is 1. The average molecular weight is 305 g/mol. The second-order valence-electron chi connectivity index (χ2n) is 5.31. The van der Waals surface area contributed by atoms with Crippen LogP contribution in [-0.2, 0) is 0 Å². The summed E-state index contributed by atoms with van der Waals surface area (Å²) in [5, 5.41) is 13.5. The third-order valence-corrected chi connectivity index (χ3v) is 3.91. The molecule has 2 aromatic rings. The van der Waals surface area contributed by atoms with Crippen LogP contribution in [0.3, 0.4) is 0 Å². The van der Waals surface area contributed by atoms with Crippen LogP contribution < -0.4 is 5.32 Å².